The van der Waals surface area contributed by atoms with Gasteiger partial charge in [0.15, 0.2) is 0 Å². The zero-order valence-corrected chi connectivity index (χ0v) is 14.8. The van der Waals surface area contributed by atoms with Gasteiger partial charge in [0.1, 0.15) is 5.71 Å². The first-order chi connectivity index (χ1) is 11.4. The van der Waals surface area contributed by atoms with Gasteiger partial charge in [-0.25, -0.2) is 0 Å². The average Bonchev–Trinajstić information content (AvgIpc) is 2.60. The zero-order valence-electron chi connectivity index (χ0n) is 14.8. The Labute approximate surface area is 142 Å². The topological polar surface area (TPSA) is 45.5 Å². The Bertz CT molecular complexity index is 403. The van der Waals surface area contributed by atoms with E-state index in [1.807, 2.05) is 18.2 Å². The van der Waals surface area contributed by atoms with E-state index in [1.165, 1.54) is 70.6 Å². The largest absolute Gasteiger partial charge is 0.411 e. The summed E-state index contributed by atoms with van der Waals surface area (Å²) in [5.74, 6) is 0. The highest BCUT2D eigenvalue weighted by Gasteiger charge is 2.04. The van der Waals surface area contributed by atoms with Crippen LogP contribution in [0.2, 0.25) is 0 Å². The molecule has 0 atom stereocenters. The maximum atomic E-state index is 9.10. The summed E-state index contributed by atoms with van der Waals surface area (Å²) in [4.78, 5) is 4.23. The number of unbranched alkanes of at least 4 members (excludes halogenated alkanes) is 11. The van der Waals surface area contributed by atoms with Crippen molar-refractivity contribution in [2.75, 3.05) is 0 Å². The minimum Gasteiger partial charge on any atom is -0.411 e. The van der Waals surface area contributed by atoms with Gasteiger partial charge in [-0.2, -0.15) is 0 Å². The van der Waals surface area contributed by atoms with E-state index in [-0.39, 0.29) is 0 Å². The second-order valence-electron chi connectivity index (χ2n) is 6.40. The zero-order chi connectivity index (χ0) is 16.6. The van der Waals surface area contributed by atoms with Crippen LogP contribution in [0.25, 0.3) is 0 Å². The van der Waals surface area contributed by atoms with Gasteiger partial charge in [-0.3, -0.25) is 4.98 Å². The van der Waals surface area contributed by atoms with Crippen molar-refractivity contribution in [2.45, 2.75) is 90.4 Å². The van der Waals surface area contributed by atoms with Gasteiger partial charge >= 0.3 is 0 Å². The van der Waals surface area contributed by atoms with Crippen LogP contribution in [0.4, 0.5) is 0 Å². The molecule has 0 aromatic carbocycles. The van der Waals surface area contributed by atoms with Crippen molar-refractivity contribution < 1.29 is 5.21 Å². The molecule has 0 aliphatic heterocycles. The summed E-state index contributed by atoms with van der Waals surface area (Å²) < 4.78 is 0. The Kier molecular flexibility index (Phi) is 12.2. The highest BCUT2D eigenvalue weighted by atomic mass is 16.4. The monoisotopic (exact) mass is 318 g/mol. The first-order valence-electron chi connectivity index (χ1n) is 9.50. The first kappa shape index (κ1) is 19.7. The van der Waals surface area contributed by atoms with Crippen molar-refractivity contribution in [2.24, 2.45) is 5.16 Å². The van der Waals surface area contributed by atoms with Crippen LogP contribution in [0.1, 0.15) is 96.1 Å². The standard InChI is InChI=1S/C20H34N2O/c1-2-3-4-5-6-7-8-9-10-11-12-13-17-20(22-23)19-16-14-15-18-21-19/h14-16,18,23H,2-13,17H2,1H3/b22-20-. The summed E-state index contributed by atoms with van der Waals surface area (Å²) in [5, 5.41) is 12.5. The fourth-order valence-electron chi connectivity index (χ4n) is 2.90. The molecule has 1 aromatic heterocycles. The van der Waals surface area contributed by atoms with Crippen LogP contribution in [-0.2, 0) is 0 Å². The molecule has 0 aliphatic carbocycles. The van der Waals surface area contributed by atoms with Crippen molar-refractivity contribution in [3.63, 3.8) is 0 Å². The molecule has 1 heterocycles. The maximum Gasteiger partial charge on any atom is 0.105 e. The van der Waals surface area contributed by atoms with Crippen LogP contribution in [0.3, 0.4) is 0 Å². The molecule has 3 heteroatoms. The average molecular weight is 319 g/mol. The number of hydrogen-bond acceptors (Lipinski definition) is 3. The lowest BCUT2D eigenvalue weighted by molar-refractivity contribution is 0.317. The highest BCUT2D eigenvalue weighted by molar-refractivity contribution is 5.98. The Morgan fingerprint density at radius 3 is 1.91 bits per heavy atom. The molecule has 0 radical (unpaired) electrons. The number of nitrogens with zero attached hydrogens (tertiary/aromatic N) is 2. The van der Waals surface area contributed by atoms with Gasteiger partial charge in [-0.15, -0.1) is 0 Å². The minimum absolute atomic E-state index is 0.706. The summed E-state index contributed by atoms with van der Waals surface area (Å²) in [5.41, 5.74) is 1.50. The van der Waals surface area contributed by atoms with Crippen LogP contribution >= 0.6 is 0 Å². The fourth-order valence-corrected chi connectivity index (χ4v) is 2.90. The molecular formula is C20H34N2O. The van der Waals surface area contributed by atoms with Gasteiger partial charge in [0.2, 0.25) is 0 Å². The van der Waals surface area contributed by atoms with Crippen LogP contribution < -0.4 is 0 Å². The predicted molar refractivity (Wildman–Crippen MR) is 98.3 cm³/mol. The molecular weight excluding hydrogens is 284 g/mol. The lowest BCUT2D eigenvalue weighted by Gasteiger charge is -2.04. The molecule has 3 nitrogen and oxygen atoms in total. The third-order valence-corrected chi connectivity index (χ3v) is 4.35. The Balaban J connectivity index is 1.93. The Hall–Kier alpha value is -1.38. The lowest BCUT2D eigenvalue weighted by atomic mass is 10.0. The number of aromatic nitrogens is 1. The van der Waals surface area contributed by atoms with Crippen LogP contribution in [0.15, 0.2) is 29.6 Å². The number of rotatable bonds is 14. The second kappa shape index (κ2) is 14.2. The van der Waals surface area contributed by atoms with Crippen molar-refractivity contribution in [3.05, 3.63) is 30.1 Å². The molecule has 0 bridgehead atoms. The molecule has 23 heavy (non-hydrogen) atoms. The smallest absolute Gasteiger partial charge is 0.105 e. The SMILES string of the molecule is CCCCCCCCCCCCCC/C(=N/O)c1ccccn1. The molecule has 0 amide bonds. The van der Waals surface area contributed by atoms with Gasteiger partial charge in [-0.1, -0.05) is 88.8 Å². The second-order valence-corrected chi connectivity index (χ2v) is 6.40. The van der Waals surface area contributed by atoms with Gasteiger partial charge in [0.25, 0.3) is 0 Å². The molecule has 0 fully saturated rings. The number of hydrogen-bond donors (Lipinski definition) is 1. The summed E-state index contributed by atoms with van der Waals surface area (Å²) in [7, 11) is 0. The van der Waals surface area contributed by atoms with Crippen LogP contribution in [-0.4, -0.2) is 15.9 Å². The molecule has 0 saturated carbocycles. The quantitative estimate of drug-likeness (QED) is 0.188. The Morgan fingerprint density at radius 1 is 0.870 bits per heavy atom. The Morgan fingerprint density at radius 2 is 1.43 bits per heavy atom. The van der Waals surface area contributed by atoms with E-state index in [1.54, 1.807) is 6.20 Å². The van der Waals surface area contributed by atoms with E-state index in [4.69, 9.17) is 5.21 Å². The molecule has 0 spiro atoms. The first-order valence-corrected chi connectivity index (χ1v) is 9.50. The third kappa shape index (κ3) is 10.1. The normalized spacial score (nSPS) is 11.8. The number of pyridine rings is 1. The molecule has 0 saturated heterocycles. The van der Waals surface area contributed by atoms with Crippen molar-refractivity contribution >= 4 is 5.71 Å². The summed E-state index contributed by atoms with van der Waals surface area (Å²) >= 11 is 0. The molecule has 1 rings (SSSR count). The molecule has 1 aromatic rings. The molecule has 0 unspecified atom stereocenters. The van der Waals surface area contributed by atoms with E-state index >= 15 is 0 Å². The molecule has 1 N–H and O–H groups in total. The van der Waals surface area contributed by atoms with Crippen molar-refractivity contribution in [1.29, 1.82) is 0 Å². The van der Waals surface area contributed by atoms with Gasteiger partial charge in [0, 0.05) is 6.20 Å². The summed E-state index contributed by atoms with van der Waals surface area (Å²) in [6.07, 6.45) is 18.6. The number of oxime groups is 1. The van der Waals surface area contributed by atoms with Gasteiger partial charge in [0.05, 0.1) is 5.69 Å². The van der Waals surface area contributed by atoms with Crippen LogP contribution in [0.5, 0.6) is 0 Å². The van der Waals surface area contributed by atoms with E-state index < -0.39 is 0 Å². The minimum atomic E-state index is 0.706. The third-order valence-electron chi connectivity index (χ3n) is 4.35. The predicted octanol–water partition coefficient (Wildman–Crippen LogP) is 6.35. The van der Waals surface area contributed by atoms with Crippen molar-refractivity contribution in [3.8, 4) is 0 Å². The van der Waals surface area contributed by atoms with Gasteiger partial charge < -0.3 is 5.21 Å². The van der Waals surface area contributed by atoms with E-state index in [0.717, 1.165) is 18.5 Å². The van der Waals surface area contributed by atoms with Gasteiger partial charge in [-0.05, 0) is 25.0 Å². The molecule has 0 aliphatic rings. The van der Waals surface area contributed by atoms with Crippen molar-refractivity contribution in [1.82, 2.24) is 4.98 Å². The summed E-state index contributed by atoms with van der Waals surface area (Å²) in [6, 6.07) is 5.70. The highest BCUT2D eigenvalue weighted by Crippen LogP contribution is 2.13. The maximum absolute atomic E-state index is 9.10. The fraction of sp³-hybridized carbons (Fsp3) is 0.700. The lowest BCUT2D eigenvalue weighted by Crippen LogP contribution is -2.03. The molecule has 130 valence electrons. The summed E-state index contributed by atoms with van der Waals surface area (Å²) in [6.45, 7) is 2.27. The van der Waals surface area contributed by atoms with E-state index in [9.17, 15) is 0 Å². The van der Waals surface area contributed by atoms with E-state index in [2.05, 4.69) is 17.1 Å². The van der Waals surface area contributed by atoms with Crippen LogP contribution in [0, 0.1) is 0 Å². The van der Waals surface area contributed by atoms with E-state index in [0.29, 0.717) is 5.71 Å².